The van der Waals surface area contributed by atoms with Crippen LogP contribution in [0, 0.1) is 5.92 Å². The molecule has 1 amide bonds. The molecular formula is C15H22BrNO2. The Balaban J connectivity index is 2.42. The molecule has 0 radical (unpaired) electrons. The van der Waals surface area contributed by atoms with Crippen molar-refractivity contribution in [3.63, 3.8) is 0 Å². The number of nitrogens with one attached hydrogen (secondary N) is 1. The summed E-state index contributed by atoms with van der Waals surface area (Å²) in [6, 6.07) is 7.99. The first-order valence-corrected chi connectivity index (χ1v) is 7.39. The van der Waals surface area contributed by atoms with Gasteiger partial charge in [0.25, 0.3) is 0 Å². The van der Waals surface area contributed by atoms with Gasteiger partial charge in [0.05, 0.1) is 6.10 Å². The van der Waals surface area contributed by atoms with Crippen LogP contribution in [0.2, 0.25) is 0 Å². The zero-order valence-corrected chi connectivity index (χ0v) is 13.3. The minimum Gasteiger partial charge on any atom is -0.391 e. The van der Waals surface area contributed by atoms with Crippen molar-refractivity contribution in [2.45, 2.75) is 39.2 Å². The Bertz CT molecular complexity index is 403. The third-order valence-electron chi connectivity index (χ3n) is 3.21. The summed E-state index contributed by atoms with van der Waals surface area (Å²) in [5.74, 6) is 0.309. The molecule has 2 atom stereocenters. The van der Waals surface area contributed by atoms with Gasteiger partial charge in [-0.15, -0.1) is 0 Å². The lowest BCUT2D eigenvalue weighted by Crippen LogP contribution is -2.35. The molecule has 19 heavy (non-hydrogen) atoms. The fourth-order valence-electron chi connectivity index (χ4n) is 1.71. The van der Waals surface area contributed by atoms with Crippen LogP contribution in [0.15, 0.2) is 28.7 Å². The highest BCUT2D eigenvalue weighted by atomic mass is 79.9. The predicted octanol–water partition coefficient (Wildman–Crippen LogP) is 3.08. The summed E-state index contributed by atoms with van der Waals surface area (Å²) < 4.78 is 1.04. The van der Waals surface area contributed by atoms with E-state index >= 15 is 0 Å². The average Bonchev–Trinajstić information content (AvgIpc) is 2.36. The average molecular weight is 328 g/mol. The standard InChI is InChI=1S/C15H22BrNO2/c1-10(2)14(18)9-17-15(19)8-11(3)12-4-6-13(16)7-5-12/h4-7,10-11,14,18H,8-9H2,1-3H3,(H,17,19). The summed E-state index contributed by atoms with van der Waals surface area (Å²) in [5, 5.41) is 12.4. The van der Waals surface area contributed by atoms with Crippen molar-refractivity contribution in [1.29, 1.82) is 0 Å². The number of aliphatic hydroxyl groups excluding tert-OH is 1. The van der Waals surface area contributed by atoms with E-state index < -0.39 is 6.10 Å². The second kappa shape index (κ2) is 7.65. The zero-order valence-electron chi connectivity index (χ0n) is 11.7. The van der Waals surface area contributed by atoms with Crippen LogP contribution in [0.4, 0.5) is 0 Å². The highest BCUT2D eigenvalue weighted by molar-refractivity contribution is 9.10. The second-order valence-electron chi connectivity index (χ2n) is 5.27. The lowest BCUT2D eigenvalue weighted by Gasteiger charge is -2.16. The van der Waals surface area contributed by atoms with Gasteiger partial charge in [0.15, 0.2) is 0 Å². The summed E-state index contributed by atoms with van der Waals surface area (Å²) in [6.45, 7) is 6.22. The molecule has 1 aromatic rings. The molecule has 0 aliphatic rings. The van der Waals surface area contributed by atoms with Gasteiger partial charge in [-0.25, -0.2) is 0 Å². The van der Waals surface area contributed by atoms with Crippen LogP contribution in [0.3, 0.4) is 0 Å². The highest BCUT2D eigenvalue weighted by Crippen LogP contribution is 2.21. The SMILES string of the molecule is CC(CC(=O)NCC(O)C(C)C)c1ccc(Br)cc1. The first kappa shape index (κ1) is 16.2. The third kappa shape index (κ3) is 5.74. The number of amides is 1. The van der Waals surface area contributed by atoms with E-state index in [9.17, 15) is 9.90 Å². The van der Waals surface area contributed by atoms with E-state index in [0.29, 0.717) is 13.0 Å². The van der Waals surface area contributed by atoms with Crippen LogP contribution in [-0.4, -0.2) is 23.7 Å². The molecule has 0 aliphatic carbocycles. The molecule has 4 heteroatoms. The van der Waals surface area contributed by atoms with Gasteiger partial charge in [0.1, 0.15) is 0 Å². The van der Waals surface area contributed by atoms with Crippen molar-refractivity contribution >= 4 is 21.8 Å². The second-order valence-corrected chi connectivity index (χ2v) is 6.19. The normalized spacial score (nSPS) is 14.2. The molecule has 3 nitrogen and oxygen atoms in total. The number of aliphatic hydroxyl groups is 1. The van der Waals surface area contributed by atoms with Crippen LogP contribution in [0.1, 0.15) is 38.7 Å². The van der Waals surface area contributed by atoms with E-state index in [-0.39, 0.29) is 17.7 Å². The van der Waals surface area contributed by atoms with Crippen LogP contribution < -0.4 is 5.32 Å². The Morgan fingerprint density at radius 1 is 1.26 bits per heavy atom. The molecule has 0 saturated carbocycles. The molecule has 2 N–H and O–H groups in total. The zero-order chi connectivity index (χ0) is 14.4. The molecule has 0 spiro atoms. The van der Waals surface area contributed by atoms with E-state index in [1.165, 1.54) is 0 Å². The summed E-state index contributed by atoms with van der Waals surface area (Å²) in [5.41, 5.74) is 1.14. The highest BCUT2D eigenvalue weighted by Gasteiger charge is 2.14. The smallest absolute Gasteiger partial charge is 0.220 e. The molecule has 0 aromatic heterocycles. The monoisotopic (exact) mass is 327 g/mol. The molecule has 0 bridgehead atoms. The largest absolute Gasteiger partial charge is 0.391 e. The fourth-order valence-corrected chi connectivity index (χ4v) is 1.98. The Labute approximate surface area is 123 Å². The number of rotatable bonds is 6. The van der Waals surface area contributed by atoms with Crippen molar-refractivity contribution in [3.8, 4) is 0 Å². The minimum absolute atomic E-state index is 0.0184. The number of benzene rings is 1. The maximum absolute atomic E-state index is 11.8. The Kier molecular flexibility index (Phi) is 6.52. The summed E-state index contributed by atoms with van der Waals surface area (Å²) in [7, 11) is 0. The van der Waals surface area contributed by atoms with Crippen LogP contribution in [-0.2, 0) is 4.79 Å². The van der Waals surface area contributed by atoms with Gasteiger partial charge in [-0.1, -0.05) is 48.8 Å². The van der Waals surface area contributed by atoms with Gasteiger partial charge in [-0.05, 0) is 29.5 Å². The Morgan fingerprint density at radius 2 is 1.84 bits per heavy atom. The Hall–Kier alpha value is -0.870. The number of halogens is 1. The number of carbonyl (C=O) groups excluding carboxylic acids is 1. The van der Waals surface area contributed by atoms with E-state index in [1.54, 1.807) is 0 Å². The van der Waals surface area contributed by atoms with Gasteiger partial charge in [-0.3, -0.25) is 4.79 Å². The van der Waals surface area contributed by atoms with Crippen molar-refractivity contribution in [2.24, 2.45) is 5.92 Å². The first-order chi connectivity index (χ1) is 8.90. The van der Waals surface area contributed by atoms with Crippen molar-refractivity contribution in [2.75, 3.05) is 6.54 Å². The van der Waals surface area contributed by atoms with Crippen molar-refractivity contribution in [3.05, 3.63) is 34.3 Å². The molecule has 0 heterocycles. The number of carbonyl (C=O) groups is 1. The van der Waals surface area contributed by atoms with Crippen LogP contribution in [0.25, 0.3) is 0 Å². The summed E-state index contributed by atoms with van der Waals surface area (Å²) >= 11 is 3.39. The van der Waals surface area contributed by atoms with Gasteiger partial charge in [0.2, 0.25) is 5.91 Å². The van der Waals surface area contributed by atoms with Gasteiger partial charge < -0.3 is 10.4 Å². The van der Waals surface area contributed by atoms with Gasteiger partial charge in [-0.2, -0.15) is 0 Å². The fraction of sp³-hybridized carbons (Fsp3) is 0.533. The topological polar surface area (TPSA) is 49.3 Å². The number of hydrogen-bond acceptors (Lipinski definition) is 2. The van der Waals surface area contributed by atoms with Gasteiger partial charge in [0, 0.05) is 17.4 Å². The quantitative estimate of drug-likeness (QED) is 0.843. The molecule has 0 aliphatic heterocycles. The number of hydrogen-bond donors (Lipinski definition) is 2. The molecule has 2 unspecified atom stereocenters. The molecule has 0 saturated heterocycles. The molecular weight excluding hydrogens is 306 g/mol. The van der Waals surface area contributed by atoms with E-state index in [4.69, 9.17) is 0 Å². The summed E-state index contributed by atoms with van der Waals surface area (Å²) in [4.78, 5) is 11.8. The lowest BCUT2D eigenvalue weighted by atomic mass is 9.97. The minimum atomic E-state index is -0.480. The molecule has 1 rings (SSSR count). The van der Waals surface area contributed by atoms with E-state index in [0.717, 1.165) is 10.0 Å². The predicted molar refractivity (Wildman–Crippen MR) is 81.0 cm³/mol. The van der Waals surface area contributed by atoms with Crippen LogP contribution in [0.5, 0.6) is 0 Å². The maximum atomic E-state index is 11.8. The maximum Gasteiger partial charge on any atom is 0.220 e. The molecule has 0 fully saturated rings. The third-order valence-corrected chi connectivity index (χ3v) is 3.74. The first-order valence-electron chi connectivity index (χ1n) is 6.60. The van der Waals surface area contributed by atoms with Crippen molar-refractivity contribution < 1.29 is 9.90 Å². The van der Waals surface area contributed by atoms with E-state index in [2.05, 4.69) is 21.2 Å². The lowest BCUT2D eigenvalue weighted by molar-refractivity contribution is -0.122. The van der Waals surface area contributed by atoms with Crippen LogP contribution >= 0.6 is 15.9 Å². The molecule has 106 valence electrons. The van der Waals surface area contributed by atoms with E-state index in [1.807, 2.05) is 45.0 Å². The molecule has 1 aromatic carbocycles. The van der Waals surface area contributed by atoms with Gasteiger partial charge >= 0.3 is 0 Å². The summed E-state index contributed by atoms with van der Waals surface area (Å²) in [6.07, 6.45) is -0.0427. The van der Waals surface area contributed by atoms with Crippen molar-refractivity contribution in [1.82, 2.24) is 5.32 Å². The Morgan fingerprint density at radius 3 is 2.37 bits per heavy atom.